The van der Waals surface area contributed by atoms with Crippen LogP contribution in [0.3, 0.4) is 0 Å². The first-order chi connectivity index (χ1) is 17.2. The highest BCUT2D eigenvalue weighted by Gasteiger charge is 2.35. The van der Waals surface area contributed by atoms with E-state index in [-0.39, 0.29) is 25.2 Å². The van der Waals surface area contributed by atoms with E-state index in [0.717, 1.165) is 11.3 Å². The molecule has 0 bridgehead atoms. The number of carbonyl (C=O) groups excluding carboxylic acids is 2. The van der Waals surface area contributed by atoms with Gasteiger partial charge in [-0.25, -0.2) is 9.59 Å². The standard InChI is InChI=1S/C27H31N5O4/c1-27(2,3)36-26(34)31-13-14-32-23(17-31)21(15-28)22(16-29)24(32)20-9-11-30(12-10-20)25(33)35-18-19-7-5-4-6-8-19/h4-8,20H,9-14,17-18H2,1-3H3. The summed E-state index contributed by atoms with van der Waals surface area (Å²) >= 11 is 0. The molecule has 2 aromatic rings. The molecule has 1 fully saturated rings. The van der Waals surface area contributed by atoms with Crippen molar-refractivity contribution in [2.24, 2.45) is 0 Å². The lowest BCUT2D eigenvalue weighted by atomic mass is 9.90. The van der Waals surface area contributed by atoms with E-state index < -0.39 is 11.7 Å². The number of likely N-dealkylation sites (tertiary alicyclic amines) is 1. The van der Waals surface area contributed by atoms with Crippen LogP contribution in [0.2, 0.25) is 0 Å². The van der Waals surface area contributed by atoms with Crippen LogP contribution in [-0.4, -0.2) is 51.8 Å². The van der Waals surface area contributed by atoms with Crippen LogP contribution in [0.1, 0.15) is 67.6 Å². The Balaban J connectivity index is 1.46. The Morgan fingerprint density at radius 3 is 2.22 bits per heavy atom. The lowest BCUT2D eigenvalue weighted by Gasteiger charge is -2.34. The van der Waals surface area contributed by atoms with Crippen molar-refractivity contribution < 1.29 is 19.1 Å². The number of carbonyl (C=O) groups is 2. The summed E-state index contributed by atoms with van der Waals surface area (Å²) < 4.78 is 13.0. The minimum Gasteiger partial charge on any atom is -0.445 e. The van der Waals surface area contributed by atoms with Crippen molar-refractivity contribution in [3.05, 3.63) is 58.4 Å². The summed E-state index contributed by atoms with van der Waals surface area (Å²) in [7, 11) is 0. The maximum absolute atomic E-state index is 12.6. The average molecular weight is 490 g/mol. The van der Waals surface area contributed by atoms with Crippen molar-refractivity contribution >= 4 is 12.2 Å². The molecule has 0 saturated carbocycles. The van der Waals surface area contributed by atoms with E-state index >= 15 is 0 Å². The first-order valence-corrected chi connectivity index (χ1v) is 12.2. The van der Waals surface area contributed by atoms with Gasteiger partial charge in [0.15, 0.2) is 0 Å². The molecule has 9 heteroatoms. The van der Waals surface area contributed by atoms with Crippen LogP contribution < -0.4 is 0 Å². The lowest BCUT2D eigenvalue weighted by Crippen LogP contribution is -2.42. The van der Waals surface area contributed by atoms with Crippen LogP contribution in [0, 0.1) is 22.7 Å². The van der Waals surface area contributed by atoms with E-state index in [4.69, 9.17) is 9.47 Å². The zero-order valence-electron chi connectivity index (χ0n) is 21.0. The number of benzene rings is 1. The topological polar surface area (TPSA) is 112 Å². The Labute approximate surface area is 211 Å². The molecule has 1 aromatic carbocycles. The molecular formula is C27H31N5O4. The molecule has 2 amide bonds. The molecule has 3 heterocycles. The third-order valence-electron chi connectivity index (χ3n) is 6.57. The Bertz CT molecular complexity index is 1210. The number of fused-ring (bicyclic) bond motifs is 1. The van der Waals surface area contributed by atoms with Gasteiger partial charge in [0.1, 0.15) is 24.3 Å². The van der Waals surface area contributed by atoms with Crippen LogP contribution in [0.25, 0.3) is 0 Å². The van der Waals surface area contributed by atoms with Crippen molar-refractivity contribution in [3.63, 3.8) is 0 Å². The summed E-state index contributed by atoms with van der Waals surface area (Å²) in [5.41, 5.74) is 2.53. The molecule has 0 spiro atoms. The molecule has 2 aliphatic rings. The average Bonchev–Trinajstić information content (AvgIpc) is 3.19. The number of ether oxygens (including phenoxy) is 2. The largest absolute Gasteiger partial charge is 0.445 e. The first-order valence-electron chi connectivity index (χ1n) is 12.2. The summed E-state index contributed by atoms with van der Waals surface area (Å²) in [6.45, 7) is 7.83. The molecule has 0 N–H and O–H groups in total. The smallest absolute Gasteiger partial charge is 0.410 e. The zero-order valence-corrected chi connectivity index (χ0v) is 21.0. The fraction of sp³-hybridized carbons (Fsp3) is 0.481. The highest BCUT2D eigenvalue weighted by Crippen LogP contribution is 2.37. The van der Waals surface area contributed by atoms with Crippen LogP contribution >= 0.6 is 0 Å². The molecule has 1 aromatic heterocycles. The van der Waals surface area contributed by atoms with E-state index in [9.17, 15) is 20.1 Å². The van der Waals surface area contributed by atoms with Crippen molar-refractivity contribution in [2.45, 2.75) is 64.8 Å². The van der Waals surface area contributed by atoms with Crippen LogP contribution in [0.15, 0.2) is 30.3 Å². The fourth-order valence-electron chi connectivity index (χ4n) is 4.87. The summed E-state index contributed by atoms with van der Waals surface area (Å²) in [6, 6.07) is 14.0. The number of nitrogens with zero attached hydrogens (tertiary/aromatic N) is 5. The van der Waals surface area contributed by atoms with Crippen LogP contribution in [0.5, 0.6) is 0 Å². The molecule has 9 nitrogen and oxygen atoms in total. The Morgan fingerprint density at radius 2 is 1.61 bits per heavy atom. The van der Waals surface area contributed by atoms with Crippen LogP contribution in [0.4, 0.5) is 9.59 Å². The van der Waals surface area contributed by atoms with Gasteiger partial charge < -0.3 is 23.8 Å². The summed E-state index contributed by atoms with van der Waals surface area (Å²) in [6.07, 6.45) is 0.556. The number of nitriles is 2. The van der Waals surface area contributed by atoms with E-state index in [1.807, 2.05) is 55.7 Å². The Hall–Kier alpha value is -3.98. The molecule has 0 atom stereocenters. The number of rotatable bonds is 3. The molecule has 36 heavy (non-hydrogen) atoms. The molecule has 2 aliphatic heterocycles. The number of hydrogen-bond donors (Lipinski definition) is 0. The number of hydrogen-bond acceptors (Lipinski definition) is 6. The third kappa shape index (κ3) is 5.31. The summed E-state index contributed by atoms with van der Waals surface area (Å²) in [4.78, 5) is 28.5. The normalized spacial score (nSPS) is 16.0. The maximum Gasteiger partial charge on any atom is 0.410 e. The summed E-state index contributed by atoms with van der Waals surface area (Å²) in [5, 5.41) is 19.8. The lowest BCUT2D eigenvalue weighted by molar-refractivity contribution is 0.0197. The van der Waals surface area contributed by atoms with Gasteiger partial charge >= 0.3 is 12.2 Å². The second kappa shape index (κ2) is 10.3. The van der Waals surface area contributed by atoms with Crippen molar-refractivity contribution in [1.29, 1.82) is 10.5 Å². The highest BCUT2D eigenvalue weighted by atomic mass is 16.6. The van der Waals surface area contributed by atoms with Crippen LogP contribution in [-0.2, 0) is 29.2 Å². The van der Waals surface area contributed by atoms with Gasteiger partial charge in [0.05, 0.1) is 23.4 Å². The second-order valence-corrected chi connectivity index (χ2v) is 10.2. The predicted octanol–water partition coefficient (Wildman–Crippen LogP) is 4.50. The van der Waals surface area contributed by atoms with Gasteiger partial charge in [-0.05, 0) is 39.2 Å². The van der Waals surface area contributed by atoms with E-state index in [2.05, 4.69) is 12.1 Å². The van der Waals surface area contributed by atoms with Gasteiger partial charge in [-0.2, -0.15) is 10.5 Å². The molecule has 0 unspecified atom stereocenters. The summed E-state index contributed by atoms with van der Waals surface area (Å²) in [5.74, 6) is 0.0340. The minimum atomic E-state index is -0.617. The number of aromatic nitrogens is 1. The highest BCUT2D eigenvalue weighted by molar-refractivity contribution is 5.69. The van der Waals surface area contributed by atoms with Gasteiger partial charge in [-0.3, -0.25) is 0 Å². The zero-order chi connectivity index (χ0) is 25.9. The van der Waals surface area contributed by atoms with E-state index in [1.165, 1.54) is 0 Å². The first kappa shape index (κ1) is 25.1. The molecule has 1 saturated heterocycles. The molecule has 0 aliphatic carbocycles. The third-order valence-corrected chi connectivity index (χ3v) is 6.57. The van der Waals surface area contributed by atoms with Crippen molar-refractivity contribution in [2.75, 3.05) is 19.6 Å². The van der Waals surface area contributed by atoms with Crippen molar-refractivity contribution in [1.82, 2.24) is 14.4 Å². The Morgan fingerprint density at radius 1 is 0.944 bits per heavy atom. The van der Waals surface area contributed by atoms with Gasteiger partial charge in [-0.1, -0.05) is 30.3 Å². The number of amides is 2. The van der Waals surface area contributed by atoms with Gasteiger partial charge in [0.25, 0.3) is 0 Å². The van der Waals surface area contributed by atoms with Crippen molar-refractivity contribution in [3.8, 4) is 12.1 Å². The molecule has 4 rings (SSSR count). The van der Waals surface area contributed by atoms with Gasteiger partial charge in [0, 0.05) is 37.8 Å². The van der Waals surface area contributed by atoms with Gasteiger partial charge in [0.2, 0.25) is 0 Å². The van der Waals surface area contributed by atoms with E-state index in [0.29, 0.717) is 55.8 Å². The minimum absolute atomic E-state index is 0.0340. The number of piperidine rings is 1. The predicted molar refractivity (Wildman–Crippen MR) is 131 cm³/mol. The van der Waals surface area contributed by atoms with E-state index in [1.54, 1.807) is 9.80 Å². The molecule has 0 radical (unpaired) electrons. The fourth-order valence-corrected chi connectivity index (χ4v) is 4.87. The van der Waals surface area contributed by atoms with Gasteiger partial charge in [-0.15, -0.1) is 0 Å². The second-order valence-electron chi connectivity index (χ2n) is 10.2. The molecular weight excluding hydrogens is 458 g/mol. The molecule has 188 valence electrons. The Kier molecular flexibility index (Phi) is 7.21. The maximum atomic E-state index is 12.6. The quantitative estimate of drug-likeness (QED) is 0.628. The monoisotopic (exact) mass is 489 g/mol. The SMILES string of the molecule is CC(C)(C)OC(=O)N1CCn2c(c(C#N)c(C#N)c2C2CCN(C(=O)OCc3ccccc3)CC2)C1.